The molecular formula is C39H43IrN3OSi-2. The average Bonchev–Trinajstić information content (AvgIpc) is 3.38. The van der Waals surface area contributed by atoms with Gasteiger partial charge in [0.2, 0.25) is 0 Å². The monoisotopic (exact) mass is 790 g/mol. The third kappa shape index (κ3) is 8.24. The van der Waals surface area contributed by atoms with Gasteiger partial charge in [0.1, 0.15) is 5.58 Å². The summed E-state index contributed by atoms with van der Waals surface area (Å²) in [6.07, 6.45) is 8.23. The van der Waals surface area contributed by atoms with Gasteiger partial charge in [-0.25, -0.2) is 0 Å². The molecule has 6 rings (SSSR count). The van der Waals surface area contributed by atoms with Gasteiger partial charge in [0.25, 0.3) is 0 Å². The van der Waals surface area contributed by atoms with Crippen molar-refractivity contribution in [3.63, 3.8) is 0 Å². The molecule has 0 aliphatic heterocycles. The van der Waals surface area contributed by atoms with Crippen molar-refractivity contribution in [2.75, 3.05) is 0 Å². The van der Waals surface area contributed by atoms with Gasteiger partial charge >= 0.3 is 0 Å². The van der Waals surface area contributed by atoms with E-state index in [9.17, 15) is 0 Å². The van der Waals surface area contributed by atoms with Crippen molar-refractivity contribution in [3.8, 4) is 22.5 Å². The Morgan fingerprint density at radius 1 is 0.800 bits per heavy atom. The summed E-state index contributed by atoms with van der Waals surface area (Å²) in [7, 11) is -1.34. The first kappa shape index (κ1) is 34.4. The molecule has 4 aromatic heterocycles. The predicted molar refractivity (Wildman–Crippen MR) is 187 cm³/mol. The van der Waals surface area contributed by atoms with Gasteiger partial charge in [0, 0.05) is 43.4 Å². The SMILES string of the molecule is CC(C)C(C)c1ccnc(-c2[c-]nc3c(c2)oc2ccccc23)c1.CC(C)Cc1cc(-c2[c-]cccc2)ncc1[Si](C)(C)C.[Ir]. The van der Waals surface area contributed by atoms with Gasteiger partial charge < -0.3 is 19.4 Å². The van der Waals surface area contributed by atoms with E-state index in [2.05, 4.69) is 112 Å². The van der Waals surface area contributed by atoms with Crippen molar-refractivity contribution in [2.24, 2.45) is 11.8 Å². The molecule has 1 radical (unpaired) electrons. The van der Waals surface area contributed by atoms with E-state index in [-0.39, 0.29) is 20.1 Å². The van der Waals surface area contributed by atoms with Crippen LogP contribution in [0.3, 0.4) is 0 Å². The molecule has 1 unspecified atom stereocenters. The molecule has 45 heavy (non-hydrogen) atoms. The minimum absolute atomic E-state index is 0. The minimum atomic E-state index is -1.34. The van der Waals surface area contributed by atoms with E-state index in [4.69, 9.17) is 4.42 Å². The molecule has 2 aromatic carbocycles. The second-order valence-electron chi connectivity index (χ2n) is 13.5. The first-order valence-electron chi connectivity index (χ1n) is 15.6. The van der Waals surface area contributed by atoms with Crippen molar-refractivity contribution in [3.05, 3.63) is 109 Å². The van der Waals surface area contributed by atoms with Gasteiger partial charge in [-0.3, -0.25) is 0 Å². The Kier molecular flexibility index (Phi) is 11.3. The second-order valence-corrected chi connectivity index (χ2v) is 18.5. The van der Waals surface area contributed by atoms with Crippen molar-refractivity contribution in [1.29, 1.82) is 0 Å². The van der Waals surface area contributed by atoms with Crippen LogP contribution in [0.2, 0.25) is 19.6 Å². The van der Waals surface area contributed by atoms with Gasteiger partial charge in [-0.2, -0.15) is 0 Å². The van der Waals surface area contributed by atoms with Crippen LogP contribution in [0.25, 0.3) is 44.6 Å². The molecule has 0 N–H and O–H groups in total. The average molecular weight is 790 g/mol. The molecule has 0 aliphatic rings. The van der Waals surface area contributed by atoms with Crippen molar-refractivity contribution < 1.29 is 24.5 Å². The van der Waals surface area contributed by atoms with Gasteiger partial charge in [0.15, 0.2) is 0 Å². The van der Waals surface area contributed by atoms with Crippen LogP contribution in [0.1, 0.15) is 51.7 Å². The van der Waals surface area contributed by atoms with Crippen LogP contribution < -0.4 is 5.19 Å². The molecule has 0 fully saturated rings. The maximum atomic E-state index is 5.92. The summed E-state index contributed by atoms with van der Waals surface area (Å²) in [5, 5.41) is 2.51. The molecule has 0 saturated carbocycles. The third-order valence-corrected chi connectivity index (χ3v) is 10.2. The van der Waals surface area contributed by atoms with E-state index >= 15 is 0 Å². The molecule has 4 heterocycles. The quantitative estimate of drug-likeness (QED) is 0.119. The Bertz CT molecular complexity index is 1860. The van der Waals surface area contributed by atoms with Crippen molar-refractivity contribution >= 4 is 35.3 Å². The largest absolute Gasteiger partial charge is 0.475 e. The Hall–Kier alpha value is -3.44. The van der Waals surface area contributed by atoms with Crippen LogP contribution in [0.5, 0.6) is 0 Å². The first-order chi connectivity index (χ1) is 21.0. The van der Waals surface area contributed by atoms with Crippen LogP contribution in [0, 0.1) is 24.1 Å². The topological polar surface area (TPSA) is 51.8 Å². The van der Waals surface area contributed by atoms with Crippen LogP contribution in [-0.2, 0) is 26.5 Å². The zero-order chi connectivity index (χ0) is 31.4. The Morgan fingerprint density at radius 3 is 2.22 bits per heavy atom. The summed E-state index contributed by atoms with van der Waals surface area (Å²) in [6.45, 7) is 18.4. The second kappa shape index (κ2) is 14.8. The molecule has 0 saturated heterocycles. The van der Waals surface area contributed by atoms with Gasteiger partial charge in [0.05, 0.1) is 13.7 Å². The number of hydrogen-bond donors (Lipinski definition) is 0. The summed E-state index contributed by atoms with van der Waals surface area (Å²) in [6, 6.07) is 27.7. The van der Waals surface area contributed by atoms with E-state index < -0.39 is 8.07 Å². The molecule has 6 heteroatoms. The molecule has 4 nitrogen and oxygen atoms in total. The molecule has 0 spiro atoms. The number of benzene rings is 2. The number of aromatic nitrogens is 3. The number of rotatable bonds is 7. The van der Waals surface area contributed by atoms with E-state index in [0.29, 0.717) is 17.8 Å². The summed E-state index contributed by atoms with van der Waals surface area (Å²) in [4.78, 5) is 13.7. The summed E-state index contributed by atoms with van der Waals surface area (Å²) >= 11 is 0. The number of fused-ring (bicyclic) bond motifs is 3. The fraction of sp³-hybridized carbons (Fsp3) is 0.308. The van der Waals surface area contributed by atoms with Gasteiger partial charge in [-0.15, -0.1) is 41.5 Å². The molecule has 6 aromatic rings. The maximum absolute atomic E-state index is 5.92. The van der Waals surface area contributed by atoms with E-state index in [1.165, 1.54) is 16.3 Å². The summed E-state index contributed by atoms with van der Waals surface area (Å²) < 4.78 is 5.92. The first-order valence-corrected chi connectivity index (χ1v) is 19.1. The third-order valence-electron chi connectivity index (χ3n) is 8.16. The number of nitrogens with zero attached hydrogens (tertiary/aromatic N) is 3. The van der Waals surface area contributed by atoms with Crippen molar-refractivity contribution in [2.45, 2.75) is 66.6 Å². The van der Waals surface area contributed by atoms with Crippen LogP contribution >= 0.6 is 0 Å². The van der Waals surface area contributed by atoms with E-state index in [1.807, 2.05) is 54.7 Å². The molecular weight excluding hydrogens is 747 g/mol. The summed E-state index contributed by atoms with van der Waals surface area (Å²) in [5.74, 6) is 1.73. The molecule has 0 aliphatic carbocycles. The maximum Gasteiger partial charge on any atom is 0.125 e. The standard InChI is InChI=1S/C21H19N2O.C18H24NSi.Ir/c1-13(2)14(3)15-8-9-22-18(10-15)16-11-20-21(23-12-16)17-6-4-5-7-19(17)24-20;1-14(2)11-16-12-17(15-9-7-6-8-10-15)19-13-18(16)20(3,4)5;/h4-11,13-14H,1-3H3;6-9,12-14H,11H2,1-5H3;/q2*-1;. The molecule has 0 bridgehead atoms. The summed E-state index contributed by atoms with van der Waals surface area (Å²) in [5.41, 5.74) is 9.10. The number of pyridine rings is 3. The molecule has 235 valence electrons. The van der Waals surface area contributed by atoms with Gasteiger partial charge in [-0.05, 0) is 59.1 Å². The van der Waals surface area contributed by atoms with E-state index in [0.717, 1.165) is 51.0 Å². The fourth-order valence-corrected chi connectivity index (χ4v) is 7.01. The van der Waals surface area contributed by atoms with Crippen LogP contribution in [-0.4, -0.2) is 23.0 Å². The molecule has 0 amide bonds. The van der Waals surface area contributed by atoms with Gasteiger partial charge in [-0.1, -0.05) is 102 Å². The Balaban J connectivity index is 0.000000204. The zero-order valence-corrected chi connectivity index (χ0v) is 31.0. The Labute approximate surface area is 283 Å². The number of hydrogen-bond acceptors (Lipinski definition) is 4. The Morgan fingerprint density at radius 2 is 1.53 bits per heavy atom. The van der Waals surface area contributed by atoms with Crippen LogP contribution in [0.4, 0.5) is 0 Å². The van der Waals surface area contributed by atoms with E-state index in [1.54, 1.807) is 0 Å². The minimum Gasteiger partial charge on any atom is -0.475 e. The zero-order valence-electron chi connectivity index (χ0n) is 27.6. The van der Waals surface area contributed by atoms with Crippen molar-refractivity contribution in [1.82, 2.24) is 15.0 Å². The fourth-order valence-electron chi connectivity index (χ4n) is 5.42. The smallest absolute Gasteiger partial charge is 0.125 e. The van der Waals surface area contributed by atoms with Crippen LogP contribution in [0.15, 0.2) is 89.6 Å². The normalized spacial score (nSPS) is 12.2. The number of para-hydroxylation sites is 1. The molecule has 1 atom stereocenters. The number of furan rings is 1. The predicted octanol–water partition coefficient (Wildman–Crippen LogP) is 9.89.